The van der Waals surface area contributed by atoms with E-state index in [2.05, 4.69) is 15.2 Å². The van der Waals surface area contributed by atoms with Crippen LogP contribution in [0.2, 0.25) is 0 Å². The van der Waals surface area contributed by atoms with Crippen LogP contribution in [0, 0.1) is 6.92 Å². The van der Waals surface area contributed by atoms with Crippen molar-refractivity contribution in [3.05, 3.63) is 29.6 Å². The van der Waals surface area contributed by atoms with Crippen molar-refractivity contribution in [2.75, 3.05) is 19.6 Å². The average molecular weight is 360 g/mol. The lowest BCUT2D eigenvalue weighted by molar-refractivity contribution is -0.122. The Hall–Kier alpha value is -1.46. The molecular weight excluding hydrogens is 326 g/mol. The number of carbonyl (C=O) groups excluding carboxylic acids is 1. The Labute approximate surface area is 157 Å². The van der Waals surface area contributed by atoms with Crippen molar-refractivity contribution in [3.63, 3.8) is 0 Å². The van der Waals surface area contributed by atoms with E-state index in [1.807, 2.05) is 25.3 Å². The SMILES string of the molecule is Cc1ccc(C2(O)CCN(CCC(=O)NC3CCCCCC3)CC2)nc1. The number of rotatable bonds is 5. The predicted molar refractivity (Wildman–Crippen MR) is 103 cm³/mol. The molecule has 0 aromatic carbocycles. The lowest BCUT2D eigenvalue weighted by Crippen LogP contribution is -2.44. The van der Waals surface area contributed by atoms with Crippen molar-refractivity contribution < 1.29 is 9.90 Å². The van der Waals surface area contributed by atoms with Gasteiger partial charge in [-0.05, 0) is 44.2 Å². The quantitative estimate of drug-likeness (QED) is 0.794. The van der Waals surface area contributed by atoms with Crippen molar-refractivity contribution in [1.29, 1.82) is 0 Å². The van der Waals surface area contributed by atoms with E-state index in [9.17, 15) is 9.90 Å². The van der Waals surface area contributed by atoms with E-state index < -0.39 is 5.60 Å². The topological polar surface area (TPSA) is 65.5 Å². The van der Waals surface area contributed by atoms with Gasteiger partial charge in [-0.2, -0.15) is 0 Å². The maximum Gasteiger partial charge on any atom is 0.221 e. The van der Waals surface area contributed by atoms with Crippen LogP contribution in [0.4, 0.5) is 0 Å². The molecule has 0 spiro atoms. The van der Waals surface area contributed by atoms with Crippen LogP contribution in [0.3, 0.4) is 0 Å². The minimum Gasteiger partial charge on any atom is -0.383 e. The van der Waals surface area contributed by atoms with Gasteiger partial charge in [-0.1, -0.05) is 31.7 Å². The number of nitrogens with one attached hydrogen (secondary N) is 1. The van der Waals surface area contributed by atoms with Gasteiger partial charge in [0.15, 0.2) is 0 Å². The highest BCUT2D eigenvalue weighted by atomic mass is 16.3. The summed E-state index contributed by atoms with van der Waals surface area (Å²) in [5.41, 5.74) is 1.05. The number of pyridine rings is 1. The Morgan fingerprint density at radius 1 is 1.23 bits per heavy atom. The van der Waals surface area contributed by atoms with Gasteiger partial charge in [-0.3, -0.25) is 9.78 Å². The molecule has 2 heterocycles. The van der Waals surface area contributed by atoms with E-state index >= 15 is 0 Å². The number of hydrogen-bond donors (Lipinski definition) is 2. The number of aliphatic hydroxyl groups is 1. The van der Waals surface area contributed by atoms with E-state index in [0.717, 1.165) is 43.7 Å². The van der Waals surface area contributed by atoms with E-state index in [0.29, 0.717) is 25.3 Å². The van der Waals surface area contributed by atoms with Crippen LogP contribution >= 0.6 is 0 Å². The summed E-state index contributed by atoms with van der Waals surface area (Å²) in [4.78, 5) is 18.9. The summed E-state index contributed by atoms with van der Waals surface area (Å²) in [5.74, 6) is 0.179. The summed E-state index contributed by atoms with van der Waals surface area (Å²) in [6.07, 6.45) is 11.1. The number of carbonyl (C=O) groups is 1. The molecule has 1 saturated carbocycles. The molecule has 2 aliphatic rings. The normalized spacial score (nSPS) is 21.9. The van der Waals surface area contributed by atoms with Gasteiger partial charge in [-0.15, -0.1) is 0 Å². The van der Waals surface area contributed by atoms with Gasteiger partial charge in [0.25, 0.3) is 0 Å². The summed E-state index contributed by atoms with van der Waals surface area (Å²) >= 11 is 0. The molecule has 1 saturated heterocycles. The van der Waals surface area contributed by atoms with Gasteiger partial charge < -0.3 is 15.3 Å². The van der Waals surface area contributed by atoms with E-state index in [4.69, 9.17) is 0 Å². The van der Waals surface area contributed by atoms with Crippen LogP contribution in [0.15, 0.2) is 18.3 Å². The second-order valence-corrected chi connectivity index (χ2v) is 8.10. The minimum atomic E-state index is -0.827. The second kappa shape index (κ2) is 8.96. The summed E-state index contributed by atoms with van der Waals surface area (Å²) < 4.78 is 0. The zero-order chi connectivity index (χ0) is 18.4. The molecule has 2 N–H and O–H groups in total. The number of piperidine rings is 1. The molecule has 3 rings (SSSR count). The highest BCUT2D eigenvalue weighted by molar-refractivity contribution is 5.76. The highest BCUT2D eigenvalue weighted by Gasteiger charge is 2.35. The molecule has 5 nitrogen and oxygen atoms in total. The number of hydrogen-bond acceptors (Lipinski definition) is 4. The largest absolute Gasteiger partial charge is 0.383 e. The van der Waals surface area contributed by atoms with Gasteiger partial charge in [0, 0.05) is 38.3 Å². The van der Waals surface area contributed by atoms with Crippen molar-refractivity contribution >= 4 is 5.91 Å². The van der Waals surface area contributed by atoms with Gasteiger partial charge in [0.1, 0.15) is 5.60 Å². The first kappa shape index (κ1) is 19.3. The van der Waals surface area contributed by atoms with Crippen LogP contribution in [-0.4, -0.2) is 46.6 Å². The monoisotopic (exact) mass is 359 g/mol. The van der Waals surface area contributed by atoms with Crippen LogP contribution < -0.4 is 5.32 Å². The smallest absolute Gasteiger partial charge is 0.221 e. The number of aryl methyl sites for hydroxylation is 1. The van der Waals surface area contributed by atoms with Crippen LogP contribution in [-0.2, 0) is 10.4 Å². The first-order valence-corrected chi connectivity index (χ1v) is 10.2. The Balaban J connectivity index is 1.41. The Morgan fingerprint density at radius 3 is 2.54 bits per heavy atom. The lowest BCUT2D eigenvalue weighted by Gasteiger charge is -2.37. The molecule has 1 amide bonds. The molecular formula is C21H33N3O2. The number of amides is 1. The van der Waals surface area contributed by atoms with Gasteiger partial charge >= 0.3 is 0 Å². The molecule has 1 aliphatic heterocycles. The highest BCUT2D eigenvalue weighted by Crippen LogP contribution is 2.31. The molecule has 5 heteroatoms. The van der Waals surface area contributed by atoms with Crippen LogP contribution in [0.25, 0.3) is 0 Å². The summed E-state index contributed by atoms with van der Waals surface area (Å²) in [6.45, 7) is 4.39. The summed E-state index contributed by atoms with van der Waals surface area (Å²) in [5, 5.41) is 14.1. The number of nitrogens with zero attached hydrogens (tertiary/aromatic N) is 2. The third kappa shape index (κ3) is 5.27. The standard InChI is InChI=1S/C21H33N3O2/c1-17-8-9-19(22-16-17)21(26)11-14-24(15-12-21)13-10-20(25)23-18-6-4-2-3-5-7-18/h8-9,16,18,26H,2-7,10-15H2,1H3,(H,23,25). The summed E-state index contributed by atoms with van der Waals surface area (Å²) in [7, 11) is 0. The fourth-order valence-corrected chi connectivity index (χ4v) is 4.13. The maximum atomic E-state index is 12.2. The summed E-state index contributed by atoms with van der Waals surface area (Å²) in [6, 6.07) is 4.32. The van der Waals surface area contributed by atoms with Crippen molar-refractivity contribution in [3.8, 4) is 0 Å². The third-order valence-corrected chi connectivity index (χ3v) is 5.95. The molecule has 144 valence electrons. The molecule has 0 atom stereocenters. The lowest BCUT2D eigenvalue weighted by atomic mass is 9.87. The zero-order valence-electron chi connectivity index (χ0n) is 16.0. The van der Waals surface area contributed by atoms with E-state index in [-0.39, 0.29) is 5.91 Å². The Morgan fingerprint density at radius 2 is 1.92 bits per heavy atom. The zero-order valence-corrected chi connectivity index (χ0v) is 16.0. The maximum absolute atomic E-state index is 12.2. The van der Waals surface area contributed by atoms with Crippen molar-refractivity contribution in [2.45, 2.75) is 76.4 Å². The van der Waals surface area contributed by atoms with E-state index in [1.54, 1.807) is 0 Å². The van der Waals surface area contributed by atoms with Gasteiger partial charge in [0.05, 0.1) is 5.69 Å². The van der Waals surface area contributed by atoms with Crippen LogP contribution in [0.1, 0.15) is 69.0 Å². The van der Waals surface area contributed by atoms with Crippen molar-refractivity contribution in [1.82, 2.24) is 15.2 Å². The van der Waals surface area contributed by atoms with Crippen molar-refractivity contribution in [2.24, 2.45) is 0 Å². The van der Waals surface area contributed by atoms with Gasteiger partial charge in [0.2, 0.25) is 5.91 Å². The molecule has 2 fully saturated rings. The number of aromatic nitrogens is 1. The first-order valence-electron chi connectivity index (χ1n) is 10.2. The third-order valence-electron chi connectivity index (χ3n) is 5.95. The second-order valence-electron chi connectivity index (χ2n) is 8.10. The molecule has 26 heavy (non-hydrogen) atoms. The minimum absolute atomic E-state index is 0.179. The fraction of sp³-hybridized carbons (Fsp3) is 0.714. The Bertz CT molecular complexity index is 571. The average Bonchev–Trinajstić information content (AvgIpc) is 2.90. The first-order chi connectivity index (χ1) is 12.5. The molecule has 0 unspecified atom stereocenters. The molecule has 0 radical (unpaired) electrons. The Kier molecular flexibility index (Phi) is 6.65. The fourth-order valence-electron chi connectivity index (χ4n) is 4.13. The van der Waals surface area contributed by atoms with Gasteiger partial charge in [-0.25, -0.2) is 0 Å². The molecule has 1 aromatic rings. The number of likely N-dealkylation sites (tertiary alicyclic amines) is 1. The predicted octanol–water partition coefficient (Wildman–Crippen LogP) is 2.90. The van der Waals surface area contributed by atoms with E-state index in [1.165, 1.54) is 25.7 Å². The molecule has 0 bridgehead atoms. The molecule has 1 aliphatic carbocycles. The molecule has 1 aromatic heterocycles. The van der Waals surface area contributed by atoms with Crippen LogP contribution in [0.5, 0.6) is 0 Å².